The number of alkyl halides is 1. The number of carbonyl (C=O) groups excluding carboxylic acids is 1. The van der Waals surface area contributed by atoms with Gasteiger partial charge in [0.15, 0.2) is 17.3 Å². The lowest BCUT2D eigenvalue weighted by molar-refractivity contribution is -0.114. The monoisotopic (exact) mass is 349 g/mol. The molecule has 1 aromatic heterocycles. The average Bonchev–Trinajstić information content (AvgIpc) is 3.09. The second-order valence-corrected chi connectivity index (χ2v) is 6.80. The fourth-order valence-corrected chi connectivity index (χ4v) is 3.23. The van der Waals surface area contributed by atoms with E-state index in [4.69, 9.17) is 17.0 Å². The first kappa shape index (κ1) is 16.7. The van der Waals surface area contributed by atoms with Crippen LogP contribution in [0.15, 0.2) is 21.4 Å². The smallest absolute Gasteiger partial charge is 0.294 e. The summed E-state index contributed by atoms with van der Waals surface area (Å²) in [5, 5.41) is 10.3. The van der Waals surface area contributed by atoms with Gasteiger partial charge in [-0.15, -0.1) is 11.6 Å². The second-order valence-electron chi connectivity index (χ2n) is 6.37. The van der Waals surface area contributed by atoms with Gasteiger partial charge in [-0.05, 0) is 38.8 Å². The minimum Gasteiger partial charge on any atom is -0.366 e. The number of ketones is 1. The number of Topliss-reactive ketones (excluding diaryl/α,β-unsaturated/α-hetero) is 1. The van der Waals surface area contributed by atoms with Crippen LogP contribution in [0.2, 0.25) is 0 Å². The van der Waals surface area contributed by atoms with E-state index in [0.717, 1.165) is 13.0 Å². The summed E-state index contributed by atoms with van der Waals surface area (Å²) in [7, 11) is 0. The standard InChI is InChI=1S/C16H20ClN5O2/c1-8(2)19-15-13(16(24)22-6-4-5-21(15)22)20-10-7-9(3)14(23)11(17)12(10)18/h7-8,11,18-19H,4-6H2,1-3H3. The van der Waals surface area contributed by atoms with E-state index < -0.39 is 5.38 Å². The van der Waals surface area contributed by atoms with Gasteiger partial charge in [-0.3, -0.25) is 14.3 Å². The summed E-state index contributed by atoms with van der Waals surface area (Å²) in [6.07, 6.45) is 2.43. The maximum Gasteiger partial charge on any atom is 0.294 e. The third-order valence-electron chi connectivity index (χ3n) is 4.11. The number of hydrogen-bond acceptors (Lipinski definition) is 5. The largest absolute Gasteiger partial charge is 0.366 e. The van der Waals surface area contributed by atoms with Gasteiger partial charge < -0.3 is 10.7 Å². The Labute approximate surface area is 144 Å². The number of aromatic nitrogens is 2. The molecule has 0 amide bonds. The highest BCUT2D eigenvalue weighted by molar-refractivity contribution is 6.63. The van der Waals surface area contributed by atoms with E-state index >= 15 is 0 Å². The van der Waals surface area contributed by atoms with Crippen LogP contribution in [0.3, 0.4) is 0 Å². The summed E-state index contributed by atoms with van der Waals surface area (Å²) in [6.45, 7) is 7.01. The van der Waals surface area contributed by atoms with Gasteiger partial charge in [0.1, 0.15) is 5.38 Å². The van der Waals surface area contributed by atoms with E-state index in [-0.39, 0.29) is 34.5 Å². The van der Waals surface area contributed by atoms with Crippen LogP contribution in [-0.4, -0.2) is 38.0 Å². The summed E-state index contributed by atoms with van der Waals surface area (Å²) in [6, 6.07) is 0.133. The third-order valence-corrected chi connectivity index (χ3v) is 4.53. The summed E-state index contributed by atoms with van der Waals surface area (Å²) >= 11 is 6.01. The lowest BCUT2D eigenvalue weighted by Gasteiger charge is -2.17. The van der Waals surface area contributed by atoms with E-state index in [1.54, 1.807) is 11.6 Å². The Bertz CT molecular complexity index is 843. The van der Waals surface area contributed by atoms with Crippen LogP contribution >= 0.6 is 11.6 Å². The van der Waals surface area contributed by atoms with Crippen molar-refractivity contribution in [3.63, 3.8) is 0 Å². The zero-order chi connectivity index (χ0) is 17.6. The fourth-order valence-electron chi connectivity index (χ4n) is 2.95. The van der Waals surface area contributed by atoms with E-state index in [0.29, 0.717) is 17.9 Å². The van der Waals surface area contributed by atoms with Crippen molar-refractivity contribution in [3.05, 3.63) is 22.0 Å². The first-order valence-electron chi connectivity index (χ1n) is 7.95. The van der Waals surface area contributed by atoms with Gasteiger partial charge in [-0.2, -0.15) is 0 Å². The molecular formula is C16H20ClN5O2. The first-order chi connectivity index (χ1) is 11.3. The van der Waals surface area contributed by atoms with Crippen LogP contribution in [0.25, 0.3) is 0 Å². The molecule has 24 heavy (non-hydrogen) atoms. The molecule has 1 unspecified atom stereocenters. The van der Waals surface area contributed by atoms with E-state index in [1.165, 1.54) is 6.08 Å². The number of hydrogen-bond donors (Lipinski definition) is 2. The predicted octanol–water partition coefficient (Wildman–Crippen LogP) is 2.10. The van der Waals surface area contributed by atoms with Gasteiger partial charge in [0.2, 0.25) is 0 Å². The zero-order valence-corrected chi connectivity index (χ0v) is 14.6. The highest BCUT2D eigenvalue weighted by atomic mass is 35.5. The minimum atomic E-state index is -1.05. The molecule has 0 fully saturated rings. The van der Waals surface area contributed by atoms with Gasteiger partial charge >= 0.3 is 0 Å². The van der Waals surface area contributed by atoms with Crippen LogP contribution in [0.5, 0.6) is 0 Å². The molecule has 1 aliphatic carbocycles. The van der Waals surface area contributed by atoms with Crippen LogP contribution in [0, 0.1) is 5.41 Å². The van der Waals surface area contributed by atoms with Crippen molar-refractivity contribution in [3.8, 4) is 0 Å². The van der Waals surface area contributed by atoms with Gasteiger partial charge in [-0.1, -0.05) is 0 Å². The Hall–Kier alpha value is -2.15. The molecule has 1 atom stereocenters. The Morgan fingerprint density at radius 2 is 2.00 bits per heavy atom. The molecule has 3 rings (SSSR count). The molecule has 0 aromatic carbocycles. The number of nitrogens with zero attached hydrogens (tertiary/aromatic N) is 3. The van der Waals surface area contributed by atoms with Crippen LogP contribution < -0.4 is 10.9 Å². The molecule has 0 bridgehead atoms. The van der Waals surface area contributed by atoms with Crippen molar-refractivity contribution in [2.45, 2.75) is 51.7 Å². The van der Waals surface area contributed by atoms with Crippen molar-refractivity contribution in [1.29, 1.82) is 5.41 Å². The molecule has 0 radical (unpaired) electrons. The lowest BCUT2D eigenvalue weighted by Crippen LogP contribution is -2.35. The van der Waals surface area contributed by atoms with Crippen LogP contribution in [0.1, 0.15) is 27.2 Å². The van der Waals surface area contributed by atoms with Crippen molar-refractivity contribution in [2.24, 2.45) is 4.99 Å². The molecule has 2 aliphatic rings. The third kappa shape index (κ3) is 2.62. The van der Waals surface area contributed by atoms with E-state index in [1.807, 2.05) is 18.5 Å². The fraction of sp³-hybridized carbons (Fsp3) is 0.500. The highest BCUT2D eigenvalue weighted by Gasteiger charge is 2.31. The summed E-state index contributed by atoms with van der Waals surface area (Å²) < 4.78 is 3.56. The molecular weight excluding hydrogens is 330 g/mol. The molecule has 1 aliphatic heterocycles. The Morgan fingerprint density at radius 1 is 1.33 bits per heavy atom. The Morgan fingerprint density at radius 3 is 2.67 bits per heavy atom. The average molecular weight is 350 g/mol. The number of allylic oxidation sites excluding steroid dienone is 2. The summed E-state index contributed by atoms with van der Waals surface area (Å²) in [5.41, 5.74) is 0.713. The molecule has 0 spiro atoms. The maximum absolute atomic E-state index is 12.7. The minimum absolute atomic E-state index is 0.0708. The number of aliphatic imine (C=N–C) groups is 1. The molecule has 0 saturated heterocycles. The van der Waals surface area contributed by atoms with Crippen LogP contribution in [0.4, 0.5) is 11.5 Å². The maximum atomic E-state index is 12.7. The molecule has 2 N–H and O–H groups in total. The van der Waals surface area contributed by atoms with Crippen molar-refractivity contribution < 1.29 is 4.79 Å². The van der Waals surface area contributed by atoms with Crippen molar-refractivity contribution >= 4 is 40.3 Å². The van der Waals surface area contributed by atoms with Gasteiger partial charge in [0, 0.05) is 19.1 Å². The van der Waals surface area contributed by atoms with E-state index in [9.17, 15) is 9.59 Å². The number of carbonyl (C=O) groups is 1. The topological polar surface area (TPSA) is 92.2 Å². The molecule has 128 valence electrons. The summed E-state index contributed by atoms with van der Waals surface area (Å²) in [4.78, 5) is 28.9. The lowest BCUT2D eigenvalue weighted by atomic mass is 9.95. The quantitative estimate of drug-likeness (QED) is 0.818. The number of halogens is 1. The Kier molecular flexibility index (Phi) is 4.21. The van der Waals surface area contributed by atoms with Crippen molar-refractivity contribution in [2.75, 3.05) is 5.32 Å². The molecule has 8 heteroatoms. The predicted molar refractivity (Wildman–Crippen MR) is 95.3 cm³/mol. The number of fused-ring (bicyclic) bond motifs is 1. The first-order valence-corrected chi connectivity index (χ1v) is 8.39. The number of anilines is 1. The molecule has 1 aromatic rings. The molecule has 0 saturated carbocycles. The molecule has 2 heterocycles. The van der Waals surface area contributed by atoms with Gasteiger partial charge in [-0.25, -0.2) is 9.67 Å². The van der Waals surface area contributed by atoms with E-state index in [2.05, 4.69) is 10.3 Å². The molecule has 7 nitrogen and oxygen atoms in total. The highest BCUT2D eigenvalue weighted by Crippen LogP contribution is 2.27. The van der Waals surface area contributed by atoms with Gasteiger partial charge in [0.05, 0.1) is 11.4 Å². The summed E-state index contributed by atoms with van der Waals surface area (Å²) in [5.74, 6) is 0.360. The zero-order valence-electron chi connectivity index (χ0n) is 13.9. The normalized spacial score (nSPS) is 22.3. The van der Waals surface area contributed by atoms with Gasteiger partial charge in [0.25, 0.3) is 5.56 Å². The van der Waals surface area contributed by atoms with Crippen LogP contribution in [-0.2, 0) is 17.9 Å². The van der Waals surface area contributed by atoms with Crippen molar-refractivity contribution in [1.82, 2.24) is 9.36 Å². The SMILES string of the molecule is CC1=CC(=Nc2c(NC(C)C)n3n(c2=O)CCC3)C(=N)C(Cl)C1=O. The Balaban J connectivity index is 2.15. The number of nitrogens with one attached hydrogen (secondary N) is 2. The number of rotatable bonds is 3. The second kappa shape index (κ2) is 6.05.